The van der Waals surface area contributed by atoms with Crippen molar-refractivity contribution in [2.24, 2.45) is 0 Å². The van der Waals surface area contributed by atoms with Gasteiger partial charge in [0.25, 0.3) is 0 Å². The Kier molecular flexibility index (Phi) is 6.48. The summed E-state index contributed by atoms with van der Waals surface area (Å²) in [6.45, 7) is 1.92. The normalized spacial score (nSPS) is 15.7. The van der Waals surface area contributed by atoms with Crippen LogP contribution in [0, 0.1) is 0 Å². The number of esters is 2. The average Bonchev–Trinajstić information content (AvgIpc) is 3.21. The molecule has 5 nitrogen and oxygen atoms in total. The van der Waals surface area contributed by atoms with Crippen LogP contribution < -0.4 is 4.74 Å². The van der Waals surface area contributed by atoms with Gasteiger partial charge in [0.05, 0.1) is 12.7 Å². The van der Waals surface area contributed by atoms with E-state index in [0.717, 1.165) is 41.4 Å². The minimum Gasteiger partial charge on any atom is -0.482 e. The smallest absolute Gasteiger partial charge is 0.344 e. The molecule has 0 spiro atoms. The van der Waals surface area contributed by atoms with Gasteiger partial charge in [0.2, 0.25) is 0 Å². The van der Waals surface area contributed by atoms with E-state index in [2.05, 4.69) is 12.1 Å². The third-order valence-corrected chi connectivity index (χ3v) is 9.04. The van der Waals surface area contributed by atoms with Crippen LogP contribution in [0.15, 0.2) is 66.7 Å². The first kappa shape index (κ1) is 23.4. The zero-order valence-electron chi connectivity index (χ0n) is 20.0. The molecule has 1 aliphatic rings. The lowest BCUT2D eigenvalue weighted by Gasteiger charge is -2.33. The highest BCUT2D eigenvalue weighted by molar-refractivity contribution is 7.50. The molecule has 1 aromatic heterocycles. The molecule has 1 fully saturated rings. The fourth-order valence-electron chi connectivity index (χ4n) is 4.92. The number of ether oxygens (including phenoxy) is 3. The highest BCUT2D eigenvalue weighted by Gasteiger charge is 2.31. The first-order chi connectivity index (χ1) is 17.0. The minimum atomic E-state index is -0.360. The number of carbonyl (C=O) groups is 2. The highest BCUT2D eigenvalue weighted by atomic mass is 32.2. The lowest BCUT2D eigenvalue weighted by molar-refractivity contribution is -0.163. The van der Waals surface area contributed by atoms with Crippen LogP contribution in [0.1, 0.15) is 49.4 Å². The van der Waals surface area contributed by atoms with Crippen LogP contribution in [-0.2, 0) is 14.3 Å². The van der Waals surface area contributed by atoms with Crippen molar-refractivity contribution < 1.29 is 23.8 Å². The van der Waals surface area contributed by atoms with E-state index in [1.54, 1.807) is 0 Å². The molecule has 1 saturated carbocycles. The number of benzene rings is 3. The summed E-state index contributed by atoms with van der Waals surface area (Å²) < 4.78 is 18.8. The van der Waals surface area contributed by atoms with E-state index in [1.165, 1.54) is 22.9 Å². The maximum Gasteiger partial charge on any atom is 0.344 e. The summed E-state index contributed by atoms with van der Waals surface area (Å²) in [6.07, 6.45) is 5.24. The van der Waals surface area contributed by atoms with Gasteiger partial charge in [-0.25, -0.2) is 9.59 Å². The number of rotatable bonds is 6. The van der Waals surface area contributed by atoms with E-state index in [-0.39, 0.29) is 34.6 Å². The summed E-state index contributed by atoms with van der Waals surface area (Å²) >= 11 is 0. The molecule has 0 amide bonds. The van der Waals surface area contributed by atoms with Crippen LogP contribution in [0.5, 0.6) is 5.75 Å². The quantitative estimate of drug-likeness (QED) is 0.212. The average molecular weight is 490 g/mol. The van der Waals surface area contributed by atoms with Gasteiger partial charge in [0.1, 0.15) is 11.4 Å². The Balaban J connectivity index is 1.37. The summed E-state index contributed by atoms with van der Waals surface area (Å²) in [5, 5.41) is 2.20. The number of hydrogen-bond acceptors (Lipinski definition) is 5. The molecular weight excluding hydrogens is 460 g/mol. The van der Waals surface area contributed by atoms with Crippen molar-refractivity contribution in [2.45, 2.75) is 44.6 Å². The number of carbonyl (C=O) groups excluding carboxylic acids is 2. The Bertz CT molecular complexity index is 1380. The van der Waals surface area contributed by atoms with Gasteiger partial charge in [-0.2, -0.15) is 0 Å². The molecule has 0 N–H and O–H groups in total. The number of methoxy groups -OCH3 is 1. The Morgan fingerprint density at radius 1 is 0.886 bits per heavy atom. The van der Waals surface area contributed by atoms with Crippen LogP contribution in [0.3, 0.4) is 0 Å². The van der Waals surface area contributed by atoms with Gasteiger partial charge in [-0.05, 0) is 75.1 Å². The Hall–Kier alpha value is -3.38. The molecule has 3 aromatic carbocycles. The third kappa shape index (κ3) is 4.76. The van der Waals surface area contributed by atoms with Crippen molar-refractivity contribution in [1.29, 1.82) is 0 Å². The zero-order chi connectivity index (χ0) is 24.4. The second-order valence-corrected chi connectivity index (χ2v) is 11.2. The topological polar surface area (TPSA) is 61.8 Å². The first-order valence-corrected chi connectivity index (χ1v) is 13.2. The molecular formula is C29H29O5S+. The van der Waals surface area contributed by atoms with Crippen molar-refractivity contribution in [3.05, 3.63) is 72.3 Å². The minimum absolute atomic E-state index is 0.0946. The molecule has 35 heavy (non-hydrogen) atoms. The number of fused-ring (bicyclic) bond motifs is 3. The molecule has 5 rings (SSSR count). The molecule has 0 radical (unpaired) electrons. The van der Waals surface area contributed by atoms with Crippen molar-refractivity contribution in [3.8, 4) is 10.6 Å². The van der Waals surface area contributed by atoms with Crippen molar-refractivity contribution in [3.63, 3.8) is 0 Å². The summed E-state index contributed by atoms with van der Waals surface area (Å²) in [6, 6.07) is 22.0. The largest absolute Gasteiger partial charge is 0.482 e. The van der Waals surface area contributed by atoms with Crippen LogP contribution in [0.4, 0.5) is 0 Å². The molecule has 6 heteroatoms. The van der Waals surface area contributed by atoms with Crippen LogP contribution in [-0.4, -0.2) is 31.3 Å². The molecule has 1 aliphatic carbocycles. The van der Waals surface area contributed by atoms with E-state index >= 15 is 0 Å². The maximum absolute atomic E-state index is 12.4. The van der Waals surface area contributed by atoms with Crippen LogP contribution >= 0.6 is 10.5 Å². The predicted octanol–water partition coefficient (Wildman–Crippen LogP) is 7.16. The van der Waals surface area contributed by atoms with E-state index < -0.39 is 0 Å². The SMILES string of the molecule is COC(=O)c1ccc2c(c1)c1ccccc1[s+]2-c1ccc(OCC(=O)OC2(C)CCCCC2)cc1. The zero-order valence-corrected chi connectivity index (χ0v) is 20.9. The highest BCUT2D eigenvalue weighted by Crippen LogP contribution is 2.48. The Morgan fingerprint density at radius 2 is 1.60 bits per heavy atom. The molecule has 1 heterocycles. The van der Waals surface area contributed by atoms with Gasteiger partial charge in [0.15, 0.2) is 20.9 Å². The van der Waals surface area contributed by atoms with Gasteiger partial charge < -0.3 is 14.2 Å². The lowest BCUT2D eigenvalue weighted by atomic mass is 9.86. The van der Waals surface area contributed by atoms with E-state index in [4.69, 9.17) is 14.2 Å². The summed E-state index contributed by atoms with van der Waals surface area (Å²) in [5.74, 6) is -0.0215. The molecule has 0 bridgehead atoms. The van der Waals surface area contributed by atoms with E-state index in [0.29, 0.717) is 11.3 Å². The van der Waals surface area contributed by atoms with Gasteiger partial charge >= 0.3 is 11.9 Å². The van der Waals surface area contributed by atoms with Gasteiger partial charge in [0, 0.05) is 33.4 Å². The van der Waals surface area contributed by atoms with Crippen molar-refractivity contribution in [1.82, 2.24) is 0 Å². The molecule has 180 valence electrons. The summed E-state index contributed by atoms with van der Waals surface area (Å²) in [7, 11) is 1.10. The molecule has 4 aromatic rings. The van der Waals surface area contributed by atoms with E-state index in [9.17, 15) is 9.59 Å². The first-order valence-electron chi connectivity index (χ1n) is 12.0. The molecule has 0 aliphatic heterocycles. The second kappa shape index (κ2) is 9.70. The summed E-state index contributed by atoms with van der Waals surface area (Å²) in [5.41, 5.74) is 0.185. The Labute approximate surface area is 207 Å². The van der Waals surface area contributed by atoms with Crippen LogP contribution in [0.25, 0.3) is 25.1 Å². The Morgan fingerprint density at radius 3 is 2.34 bits per heavy atom. The lowest BCUT2D eigenvalue weighted by Crippen LogP contribution is -2.35. The van der Waals surface area contributed by atoms with Crippen molar-refractivity contribution in [2.75, 3.05) is 13.7 Å². The van der Waals surface area contributed by atoms with Crippen LogP contribution in [0.2, 0.25) is 0 Å². The molecule has 1 unspecified atom stereocenters. The fraction of sp³-hybridized carbons (Fsp3) is 0.310. The van der Waals surface area contributed by atoms with Gasteiger partial charge in [-0.3, -0.25) is 0 Å². The number of thiophene rings is 1. The monoisotopic (exact) mass is 489 g/mol. The number of hydrogen-bond donors (Lipinski definition) is 0. The van der Waals surface area contributed by atoms with E-state index in [1.807, 2.05) is 61.5 Å². The summed E-state index contributed by atoms with van der Waals surface area (Å²) in [4.78, 5) is 25.6. The fourth-order valence-corrected chi connectivity index (χ4v) is 7.28. The molecule has 0 saturated heterocycles. The van der Waals surface area contributed by atoms with Gasteiger partial charge in [-0.15, -0.1) is 0 Å². The van der Waals surface area contributed by atoms with Crippen molar-refractivity contribution >= 4 is 42.6 Å². The standard InChI is InChI=1S/C29H29O5S/c1-29(16-6-3-7-17-29)34-27(30)19-33-21-11-13-22(14-12-21)35-25-9-5-4-8-23(25)24-18-20(28(31)32-2)10-15-26(24)35/h4-5,8-15,18H,3,6-7,16-17,19H2,1-2H3/q+1. The predicted molar refractivity (Wildman–Crippen MR) is 140 cm³/mol. The second-order valence-electron chi connectivity index (χ2n) is 9.25. The molecule has 1 atom stereocenters. The van der Waals surface area contributed by atoms with Gasteiger partial charge in [-0.1, -0.05) is 18.6 Å². The third-order valence-electron chi connectivity index (χ3n) is 6.71. The maximum atomic E-state index is 12.4.